The minimum Gasteiger partial charge on any atom is -0.388 e. The molecule has 0 aliphatic heterocycles. The summed E-state index contributed by atoms with van der Waals surface area (Å²) in [6, 6.07) is 2.97. The van der Waals surface area contributed by atoms with E-state index in [9.17, 15) is 8.42 Å². The maximum atomic E-state index is 12.1. The number of nitrogens with one attached hydrogen (secondary N) is 1. The lowest BCUT2D eigenvalue weighted by atomic mass is 10.3. The van der Waals surface area contributed by atoms with Crippen molar-refractivity contribution < 1.29 is 8.42 Å². The molecule has 0 atom stereocenters. The summed E-state index contributed by atoms with van der Waals surface area (Å²) in [5.41, 5.74) is 5.60. The van der Waals surface area contributed by atoms with Crippen LogP contribution in [0, 0.1) is 0 Å². The topological polar surface area (TPSA) is 88.3 Å². The van der Waals surface area contributed by atoms with E-state index in [0.717, 1.165) is 6.54 Å². The zero-order valence-corrected chi connectivity index (χ0v) is 12.6. The molecule has 0 radical (unpaired) electrons. The third-order valence-corrected chi connectivity index (χ3v) is 4.31. The first-order valence-corrected chi connectivity index (χ1v) is 7.70. The van der Waals surface area contributed by atoms with Gasteiger partial charge in [0.1, 0.15) is 15.6 Å². The summed E-state index contributed by atoms with van der Waals surface area (Å²) in [7, 11) is -1.73. The van der Waals surface area contributed by atoms with Crippen LogP contribution in [0.3, 0.4) is 0 Å². The van der Waals surface area contributed by atoms with E-state index >= 15 is 0 Å². The van der Waals surface area contributed by atoms with Gasteiger partial charge in [-0.15, -0.1) is 0 Å². The lowest BCUT2D eigenvalue weighted by molar-refractivity contribution is 0.358. The van der Waals surface area contributed by atoms with Crippen molar-refractivity contribution in [3.63, 3.8) is 0 Å². The summed E-state index contributed by atoms with van der Waals surface area (Å²) in [6.45, 7) is 3.80. The number of aromatic nitrogens is 1. The molecule has 1 rings (SSSR count). The molecule has 0 bridgehead atoms. The average molecular weight is 302 g/mol. The molecule has 3 N–H and O–H groups in total. The number of nitrogens with zero attached hydrogens (tertiary/aromatic N) is 2. The second kappa shape index (κ2) is 6.90. The van der Waals surface area contributed by atoms with E-state index < -0.39 is 10.0 Å². The summed E-state index contributed by atoms with van der Waals surface area (Å²) in [4.78, 5) is 5.89. The summed E-state index contributed by atoms with van der Waals surface area (Å²) in [6.07, 6.45) is 1.46. The van der Waals surface area contributed by atoms with E-state index in [-0.39, 0.29) is 15.6 Å². The number of pyridine rings is 1. The first-order valence-electron chi connectivity index (χ1n) is 5.81. The molecule has 6 nitrogen and oxygen atoms in total. The van der Waals surface area contributed by atoms with E-state index in [2.05, 4.69) is 9.71 Å². The highest BCUT2D eigenvalue weighted by molar-refractivity contribution is 7.89. The van der Waals surface area contributed by atoms with Crippen LogP contribution in [0.5, 0.6) is 0 Å². The maximum Gasteiger partial charge on any atom is 0.242 e. The Morgan fingerprint density at radius 1 is 1.58 bits per heavy atom. The summed E-state index contributed by atoms with van der Waals surface area (Å²) in [5.74, 6) is 0. The molecule has 0 fully saturated rings. The molecule has 0 spiro atoms. The molecule has 0 saturated carbocycles. The highest BCUT2D eigenvalue weighted by Gasteiger charge is 2.20. The minimum atomic E-state index is -3.65. The SMILES string of the molecule is CCN(C)CCNS(=O)(=O)c1cccnc1C(N)=S. The van der Waals surface area contributed by atoms with Gasteiger partial charge in [0.25, 0.3) is 0 Å². The smallest absolute Gasteiger partial charge is 0.242 e. The molecule has 1 aromatic heterocycles. The predicted octanol–water partition coefficient (Wildman–Crippen LogP) is -0.0542. The van der Waals surface area contributed by atoms with Gasteiger partial charge >= 0.3 is 0 Å². The Morgan fingerprint density at radius 2 is 2.26 bits per heavy atom. The number of hydrogen-bond acceptors (Lipinski definition) is 5. The van der Waals surface area contributed by atoms with E-state index in [4.69, 9.17) is 18.0 Å². The average Bonchev–Trinajstić information content (AvgIpc) is 2.38. The van der Waals surface area contributed by atoms with Crippen molar-refractivity contribution in [2.75, 3.05) is 26.7 Å². The number of thiocarbonyl (C=S) groups is 1. The molecule has 0 unspecified atom stereocenters. The first-order chi connectivity index (χ1) is 8.88. The molecule has 0 saturated heterocycles. The van der Waals surface area contributed by atoms with Crippen molar-refractivity contribution in [2.24, 2.45) is 5.73 Å². The van der Waals surface area contributed by atoms with Crippen molar-refractivity contribution in [1.82, 2.24) is 14.6 Å². The third-order valence-electron chi connectivity index (χ3n) is 2.62. The van der Waals surface area contributed by atoms with Gasteiger partial charge in [0.2, 0.25) is 10.0 Å². The standard InChI is InChI=1S/C11H18N4O2S2/c1-3-15(2)8-7-14-19(16,17)9-5-4-6-13-10(9)11(12)18/h4-6,14H,3,7-8H2,1-2H3,(H2,12,18). The highest BCUT2D eigenvalue weighted by Crippen LogP contribution is 2.12. The monoisotopic (exact) mass is 302 g/mol. The molecule has 0 aliphatic carbocycles. The number of hydrogen-bond donors (Lipinski definition) is 2. The fraction of sp³-hybridized carbons (Fsp3) is 0.455. The van der Waals surface area contributed by atoms with E-state index in [1.54, 1.807) is 0 Å². The van der Waals surface area contributed by atoms with Gasteiger partial charge in [0.05, 0.1) is 0 Å². The van der Waals surface area contributed by atoms with Crippen LogP contribution in [-0.2, 0) is 10.0 Å². The molecule has 106 valence electrons. The number of likely N-dealkylation sites (N-methyl/N-ethyl adjacent to an activating group) is 1. The lowest BCUT2D eigenvalue weighted by Crippen LogP contribution is -2.34. The molecule has 1 heterocycles. The van der Waals surface area contributed by atoms with Gasteiger partial charge < -0.3 is 10.6 Å². The molecule has 19 heavy (non-hydrogen) atoms. The normalized spacial score (nSPS) is 11.7. The quantitative estimate of drug-likeness (QED) is 0.686. The van der Waals surface area contributed by atoms with Crippen LogP contribution < -0.4 is 10.5 Å². The summed E-state index contributed by atoms with van der Waals surface area (Å²) < 4.78 is 26.8. The summed E-state index contributed by atoms with van der Waals surface area (Å²) in [5, 5.41) is 0. The van der Waals surface area contributed by atoms with Crippen molar-refractivity contribution in [3.8, 4) is 0 Å². The van der Waals surface area contributed by atoms with Crippen LogP contribution in [0.15, 0.2) is 23.2 Å². The minimum absolute atomic E-state index is 0.0154. The fourth-order valence-electron chi connectivity index (χ4n) is 1.40. The Labute approximate surface area is 119 Å². The predicted molar refractivity (Wildman–Crippen MR) is 78.5 cm³/mol. The first kappa shape index (κ1) is 16.0. The Balaban J connectivity index is 2.86. The fourth-order valence-corrected chi connectivity index (χ4v) is 2.82. The van der Waals surface area contributed by atoms with E-state index in [1.807, 2.05) is 18.9 Å². The van der Waals surface area contributed by atoms with Gasteiger partial charge in [-0.05, 0) is 25.7 Å². The Hall–Kier alpha value is -1.09. The molecule has 1 aromatic rings. The zero-order chi connectivity index (χ0) is 14.5. The van der Waals surface area contributed by atoms with Crippen molar-refractivity contribution in [2.45, 2.75) is 11.8 Å². The van der Waals surface area contributed by atoms with E-state index in [0.29, 0.717) is 13.1 Å². The van der Waals surface area contributed by atoms with Crippen molar-refractivity contribution in [1.29, 1.82) is 0 Å². The largest absolute Gasteiger partial charge is 0.388 e. The van der Waals surface area contributed by atoms with Crippen molar-refractivity contribution in [3.05, 3.63) is 24.0 Å². The van der Waals surface area contributed by atoms with Gasteiger partial charge in [-0.1, -0.05) is 19.1 Å². The lowest BCUT2D eigenvalue weighted by Gasteiger charge is -2.14. The summed E-state index contributed by atoms with van der Waals surface area (Å²) >= 11 is 4.81. The highest BCUT2D eigenvalue weighted by atomic mass is 32.2. The molecule has 8 heteroatoms. The van der Waals surface area contributed by atoms with Crippen LogP contribution in [0.25, 0.3) is 0 Å². The van der Waals surface area contributed by atoms with Crippen LogP contribution in [0.1, 0.15) is 12.6 Å². The van der Waals surface area contributed by atoms with Gasteiger partial charge in [-0.2, -0.15) is 0 Å². The molecule has 0 aliphatic rings. The zero-order valence-electron chi connectivity index (χ0n) is 11.0. The van der Waals surface area contributed by atoms with Crippen LogP contribution in [0.2, 0.25) is 0 Å². The maximum absolute atomic E-state index is 12.1. The van der Waals surface area contributed by atoms with Crippen LogP contribution in [0.4, 0.5) is 0 Å². The molecule has 0 aromatic carbocycles. The van der Waals surface area contributed by atoms with Gasteiger partial charge in [-0.3, -0.25) is 4.98 Å². The van der Waals surface area contributed by atoms with Crippen molar-refractivity contribution >= 4 is 27.2 Å². The van der Waals surface area contributed by atoms with Gasteiger partial charge in [-0.25, -0.2) is 13.1 Å². The molecular formula is C11H18N4O2S2. The number of sulfonamides is 1. The van der Waals surface area contributed by atoms with Crippen LogP contribution >= 0.6 is 12.2 Å². The van der Waals surface area contributed by atoms with Gasteiger partial charge in [0, 0.05) is 19.3 Å². The third kappa shape index (κ3) is 4.50. The number of nitrogens with two attached hydrogens (primary N) is 1. The number of rotatable bonds is 7. The van der Waals surface area contributed by atoms with E-state index in [1.165, 1.54) is 18.3 Å². The molecular weight excluding hydrogens is 284 g/mol. The van der Waals surface area contributed by atoms with Crippen LogP contribution in [-0.4, -0.2) is 50.0 Å². The van der Waals surface area contributed by atoms with Gasteiger partial charge in [0.15, 0.2) is 0 Å². The second-order valence-corrected chi connectivity index (χ2v) is 6.18. The Bertz CT molecular complexity index is 545. The Morgan fingerprint density at radius 3 is 2.84 bits per heavy atom. The Kier molecular flexibility index (Phi) is 5.80. The molecule has 0 amide bonds. The second-order valence-electron chi connectivity index (χ2n) is 4.01.